The average Bonchev–Trinajstić information content (AvgIpc) is 2.45. The van der Waals surface area contributed by atoms with Gasteiger partial charge in [0.1, 0.15) is 0 Å². The molecule has 0 spiro atoms. The third kappa shape index (κ3) is 81.5. The summed E-state index contributed by atoms with van der Waals surface area (Å²) in [5.74, 6) is 0. The van der Waals surface area contributed by atoms with Crippen LogP contribution in [0, 0.1) is 0 Å². The van der Waals surface area contributed by atoms with Gasteiger partial charge in [-0.2, -0.15) is 0 Å². The molecule has 0 aromatic rings. The van der Waals surface area contributed by atoms with Crippen LogP contribution in [0.15, 0.2) is 0 Å². The Morgan fingerprint density at radius 3 is 0.760 bits per heavy atom. The maximum absolute atomic E-state index is 10.8. The Kier molecular flexibility index (Phi) is 17.5. The summed E-state index contributed by atoms with van der Waals surface area (Å²) in [6.07, 6.45) is 10.2. The summed E-state index contributed by atoms with van der Waals surface area (Å²) in [4.78, 5) is 0. The summed E-state index contributed by atoms with van der Waals surface area (Å²) in [5, 5.41) is 8.70. The zero-order valence-corrected chi connectivity index (χ0v) is 17.1. The van der Waals surface area contributed by atoms with Gasteiger partial charge < -0.3 is 0 Å². The molecule has 0 aromatic heterocycles. The van der Waals surface area contributed by atoms with Gasteiger partial charge in [0.15, 0.2) is 0 Å². The molecule has 0 rings (SSSR count). The number of hydrogen-bond donors (Lipinski definition) is 0. The van der Waals surface area contributed by atoms with Gasteiger partial charge >= 0.3 is 33.3 Å². The quantitative estimate of drug-likeness (QED) is 0.155. The third-order valence-corrected chi connectivity index (χ3v) is 2.68. The molecule has 2 radical (unpaired) electrons. The molecule has 158 valence electrons. The zero-order chi connectivity index (χ0) is 20.3. The van der Waals surface area contributed by atoms with Crippen LogP contribution in [0.2, 0.25) is 0 Å². The summed E-state index contributed by atoms with van der Waals surface area (Å²) in [6.45, 7) is 13.1. The summed E-state index contributed by atoms with van der Waals surface area (Å²) < 4.78 is 59.3. The number of halogens is 6. The fourth-order valence-corrected chi connectivity index (χ4v) is 1.30. The zero-order valence-electron chi connectivity index (χ0n) is 16.1. The van der Waals surface area contributed by atoms with Crippen LogP contribution in [0.3, 0.4) is 0 Å². The molecule has 0 aliphatic heterocycles. The Bertz CT molecular complexity index is 232. The fourth-order valence-electron chi connectivity index (χ4n) is 1.30. The van der Waals surface area contributed by atoms with Crippen LogP contribution in [0.5, 0.6) is 0 Å². The van der Waals surface area contributed by atoms with E-state index in [1.807, 2.05) is 0 Å². The minimum atomic E-state index is -10.8. The first-order chi connectivity index (χ1) is 11.3. The van der Waals surface area contributed by atoms with Crippen LogP contribution in [-0.2, 0) is 0 Å². The molecule has 0 amide bonds. The van der Waals surface area contributed by atoms with Gasteiger partial charge in [-0.3, -0.25) is 0 Å². The van der Waals surface area contributed by atoms with Crippen molar-refractivity contribution in [2.75, 3.05) is 26.2 Å². The summed E-state index contributed by atoms with van der Waals surface area (Å²) >= 11 is 0. The van der Waals surface area contributed by atoms with Crippen LogP contribution in [0.25, 0.3) is 0 Å². The predicted octanol–water partition coefficient (Wildman–Crippen LogP) is 6.52. The van der Waals surface area contributed by atoms with Crippen molar-refractivity contribution in [2.24, 2.45) is 0 Å². The van der Waals surface area contributed by atoms with E-state index in [1.165, 1.54) is 51.4 Å². The molecule has 9 heteroatoms. The summed E-state index contributed by atoms with van der Waals surface area (Å²) in [5.41, 5.74) is 0. The van der Waals surface area contributed by atoms with Crippen LogP contribution in [0.1, 0.15) is 79.1 Å². The Morgan fingerprint density at radius 2 is 0.640 bits per heavy atom. The second-order valence-electron chi connectivity index (χ2n) is 5.83. The van der Waals surface area contributed by atoms with Crippen LogP contribution in [0.4, 0.5) is 24.6 Å². The third-order valence-electron chi connectivity index (χ3n) is 2.68. The first-order valence-electron chi connectivity index (χ1n) is 9.23. The molecule has 0 N–H and O–H groups in total. The SMILES string of the molecule is CCCC[N]CCCC.CCCC[N]CCCC.F[Si-2](F)(F)(F)(F)F. The second kappa shape index (κ2) is 14.8. The second-order valence-corrected chi connectivity index (χ2v) is 7.97. The molecule has 0 heterocycles. The molecule has 0 unspecified atom stereocenters. The standard InChI is InChI=1S/2C8H18N.F6Si/c2*1-3-5-7-9-8-6-4-2;1-7(2,3,4,5)6/h2*3-8H2,1-2H3;/q;;-2. The fraction of sp³-hybridized carbons (Fsp3) is 1.00. The van der Waals surface area contributed by atoms with E-state index < -0.39 is 8.63 Å². The van der Waals surface area contributed by atoms with E-state index in [0.29, 0.717) is 0 Å². The molecule has 25 heavy (non-hydrogen) atoms. The van der Waals surface area contributed by atoms with Gasteiger partial charge in [-0.25, -0.2) is 10.6 Å². The summed E-state index contributed by atoms with van der Waals surface area (Å²) in [6, 6.07) is 0. The first-order valence-corrected chi connectivity index (χ1v) is 11.5. The number of hydrogen-bond acceptors (Lipinski definition) is 0. The van der Waals surface area contributed by atoms with E-state index in [0.717, 1.165) is 26.2 Å². The van der Waals surface area contributed by atoms with Crippen LogP contribution < -0.4 is 10.6 Å². The van der Waals surface area contributed by atoms with Crippen molar-refractivity contribution in [3.05, 3.63) is 0 Å². The molecule has 0 fully saturated rings. The predicted molar refractivity (Wildman–Crippen MR) is 95.8 cm³/mol. The normalized spacial score (nSPS) is 13.7. The van der Waals surface area contributed by atoms with Crippen molar-refractivity contribution in [3.8, 4) is 0 Å². The van der Waals surface area contributed by atoms with Crippen LogP contribution >= 0.6 is 0 Å². The van der Waals surface area contributed by atoms with Gasteiger partial charge in [-0.05, 0) is 25.7 Å². The first kappa shape index (κ1) is 29.5. The molecule has 0 aromatic carbocycles. The maximum atomic E-state index is 9.88. The van der Waals surface area contributed by atoms with Gasteiger partial charge in [-0.1, -0.05) is 53.4 Å². The molecule has 0 aliphatic rings. The topological polar surface area (TPSA) is 28.2 Å². The Hall–Kier alpha value is -0.283. The van der Waals surface area contributed by atoms with Crippen molar-refractivity contribution in [2.45, 2.75) is 79.1 Å². The molecule has 2 nitrogen and oxygen atoms in total. The van der Waals surface area contributed by atoms with Crippen molar-refractivity contribution in [1.29, 1.82) is 0 Å². The van der Waals surface area contributed by atoms with Crippen molar-refractivity contribution >= 4 is 8.63 Å². The molecular weight excluding hydrogens is 362 g/mol. The van der Waals surface area contributed by atoms with Gasteiger partial charge in [0.25, 0.3) is 0 Å². The molecule has 0 saturated carbocycles. The average molecular weight is 399 g/mol. The van der Waals surface area contributed by atoms with Crippen molar-refractivity contribution in [1.82, 2.24) is 10.6 Å². The molecule has 0 aliphatic carbocycles. The summed E-state index contributed by atoms with van der Waals surface area (Å²) in [7, 11) is -10.8. The van der Waals surface area contributed by atoms with Gasteiger partial charge in [-0.15, -0.1) is 0 Å². The number of nitrogens with zero attached hydrogens (tertiary/aromatic N) is 2. The van der Waals surface area contributed by atoms with Gasteiger partial charge in [0.2, 0.25) is 0 Å². The number of rotatable bonds is 12. The van der Waals surface area contributed by atoms with Crippen molar-refractivity contribution < 1.29 is 24.6 Å². The minimum absolute atomic E-state index is 1.08. The van der Waals surface area contributed by atoms with Crippen LogP contribution in [-0.4, -0.2) is 34.8 Å². The van der Waals surface area contributed by atoms with E-state index in [2.05, 4.69) is 38.3 Å². The van der Waals surface area contributed by atoms with Gasteiger partial charge in [0, 0.05) is 26.2 Å². The molecule has 0 bridgehead atoms. The van der Waals surface area contributed by atoms with Gasteiger partial charge in [0.05, 0.1) is 0 Å². The molecular formula is C16H36F6N2Si-2. The van der Waals surface area contributed by atoms with E-state index in [1.54, 1.807) is 0 Å². The monoisotopic (exact) mass is 398 g/mol. The van der Waals surface area contributed by atoms with E-state index in [-0.39, 0.29) is 0 Å². The van der Waals surface area contributed by atoms with E-state index >= 15 is 0 Å². The Morgan fingerprint density at radius 1 is 0.480 bits per heavy atom. The molecule has 0 saturated heterocycles. The Balaban J connectivity index is -0.000000293. The van der Waals surface area contributed by atoms with E-state index in [9.17, 15) is 24.6 Å². The van der Waals surface area contributed by atoms with Crippen molar-refractivity contribution in [3.63, 3.8) is 0 Å². The Labute approximate surface area is 150 Å². The molecule has 0 atom stereocenters. The number of unbranched alkanes of at least 4 members (excludes halogenated alkanes) is 4. The van der Waals surface area contributed by atoms with E-state index in [4.69, 9.17) is 0 Å².